The van der Waals surface area contributed by atoms with Gasteiger partial charge in [-0.05, 0) is 49.2 Å². The van der Waals surface area contributed by atoms with Crippen molar-refractivity contribution in [2.45, 2.75) is 33.1 Å². The van der Waals surface area contributed by atoms with Gasteiger partial charge in [0.25, 0.3) is 5.91 Å². The van der Waals surface area contributed by atoms with Gasteiger partial charge in [0.05, 0.1) is 5.92 Å². The molecule has 2 aromatic carbocycles. The van der Waals surface area contributed by atoms with E-state index in [-0.39, 0.29) is 30.1 Å². The van der Waals surface area contributed by atoms with Crippen LogP contribution in [0.2, 0.25) is 0 Å². The number of hydrogen-bond acceptors (Lipinski definition) is 3. The van der Waals surface area contributed by atoms with Gasteiger partial charge in [0, 0.05) is 36.4 Å². The number of benzene rings is 2. The van der Waals surface area contributed by atoms with Crippen LogP contribution in [0.25, 0.3) is 0 Å². The molecule has 29 heavy (non-hydrogen) atoms. The predicted octanol–water partition coefficient (Wildman–Crippen LogP) is 3.83. The highest BCUT2D eigenvalue weighted by Crippen LogP contribution is 2.21. The summed E-state index contributed by atoms with van der Waals surface area (Å²) in [5.74, 6) is -0.648. The molecule has 3 amide bonds. The number of anilines is 2. The fraction of sp³-hybridized carbons (Fsp3) is 0.348. The Kier molecular flexibility index (Phi) is 6.65. The summed E-state index contributed by atoms with van der Waals surface area (Å²) in [6, 6.07) is 14.3. The maximum atomic E-state index is 12.5. The quantitative estimate of drug-likeness (QED) is 0.750. The SMILES string of the molecule is CCCCN1CC(C(=O)Nc2ccc(C(=O)Nc3ccccc3C)cc2)CC1=O. The molecule has 0 bridgehead atoms. The van der Waals surface area contributed by atoms with E-state index in [9.17, 15) is 14.4 Å². The van der Waals surface area contributed by atoms with Gasteiger partial charge < -0.3 is 15.5 Å². The van der Waals surface area contributed by atoms with E-state index in [1.54, 1.807) is 29.2 Å². The topological polar surface area (TPSA) is 78.5 Å². The normalized spacial score (nSPS) is 16.0. The fourth-order valence-corrected chi connectivity index (χ4v) is 3.37. The van der Waals surface area contributed by atoms with Gasteiger partial charge >= 0.3 is 0 Å². The molecule has 3 rings (SSSR count). The molecular weight excluding hydrogens is 366 g/mol. The van der Waals surface area contributed by atoms with Gasteiger partial charge in [-0.2, -0.15) is 0 Å². The second-order valence-electron chi connectivity index (χ2n) is 7.43. The third-order valence-corrected chi connectivity index (χ3v) is 5.17. The number of carbonyl (C=O) groups is 3. The minimum atomic E-state index is -0.330. The van der Waals surface area contributed by atoms with Crippen LogP contribution in [0.1, 0.15) is 42.1 Å². The first-order valence-corrected chi connectivity index (χ1v) is 10.0. The highest BCUT2D eigenvalue weighted by Gasteiger charge is 2.33. The highest BCUT2D eigenvalue weighted by molar-refractivity contribution is 6.05. The van der Waals surface area contributed by atoms with Gasteiger partial charge in [-0.15, -0.1) is 0 Å². The zero-order valence-electron chi connectivity index (χ0n) is 16.9. The average Bonchev–Trinajstić information content (AvgIpc) is 3.09. The summed E-state index contributed by atoms with van der Waals surface area (Å²) >= 11 is 0. The number of nitrogens with one attached hydrogen (secondary N) is 2. The van der Waals surface area contributed by atoms with Crippen LogP contribution < -0.4 is 10.6 Å². The van der Waals surface area contributed by atoms with Gasteiger partial charge in [0.2, 0.25) is 11.8 Å². The van der Waals surface area contributed by atoms with Gasteiger partial charge in [-0.25, -0.2) is 0 Å². The van der Waals surface area contributed by atoms with Crippen LogP contribution in [-0.2, 0) is 9.59 Å². The van der Waals surface area contributed by atoms with Crippen LogP contribution in [0.15, 0.2) is 48.5 Å². The van der Waals surface area contributed by atoms with Crippen LogP contribution in [0, 0.1) is 12.8 Å². The third-order valence-electron chi connectivity index (χ3n) is 5.17. The summed E-state index contributed by atoms with van der Waals surface area (Å²) in [4.78, 5) is 38.7. The number of aryl methyl sites for hydroxylation is 1. The van der Waals surface area contributed by atoms with E-state index in [4.69, 9.17) is 0 Å². The number of rotatable bonds is 7. The smallest absolute Gasteiger partial charge is 0.255 e. The van der Waals surface area contributed by atoms with Crippen LogP contribution >= 0.6 is 0 Å². The number of hydrogen-bond donors (Lipinski definition) is 2. The lowest BCUT2D eigenvalue weighted by Gasteiger charge is -2.16. The summed E-state index contributed by atoms with van der Waals surface area (Å²) < 4.78 is 0. The van der Waals surface area contributed by atoms with E-state index in [2.05, 4.69) is 17.6 Å². The first-order valence-electron chi connectivity index (χ1n) is 10.0. The molecular formula is C23H27N3O3. The van der Waals surface area contributed by atoms with Crippen molar-refractivity contribution < 1.29 is 14.4 Å². The molecule has 1 unspecified atom stereocenters. The third kappa shape index (κ3) is 5.22. The molecule has 1 aliphatic rings. The molecule has 152 valence electrons. The lowest BCUT2D eigenvalue weighted by molar-refractivity contribution is -0.128. The molecule has 2 N–H and O–H groups in total. The van der Waals surface area contributed by atoms with Crippen LogP contribution in [0.5, 0.6) is 0 Å². The highest BCUT2D eigenvalue weighted by atomic mass is 16.2. The Labute approximate surface area is 171 Å². The van der Waals surface area contributed by atoms with Crippen LogP contribution in [0.3, 0.4) is 0 Å². The van der Waals surface area contributed by atoms with E-state index in [0.717, 1.165) is 24.1 Å². The zero-order valence-corrected chi connectivity index (χ0v) is 16.9. The zero-order chi connectivity index (χ0) is 20.8. The Morgan fingerprint density at radius 3 is 2.48 bits per heavy atom. The second-order valence-corrected chi connectivity index (χ2v) is 7.43. The molecule has 2 aromatic rings. The lowest BCUT2D eigenvalue weighted by Crippen LogP contribution is -2.29. The summed E-state index contributed by atoms with van der Waals surface area (Å²) in [7, 11) is 0. The molecule has 1 atom stereocenters. The minimum absolute atomic E-state index is 0.0434. The van der Waals surface area contributed by atoms with Crippen LogP contribution in [0.4, 0.5) is 11.4 Å². The van der Waals surface area contributed by atoms with Gasteiger partial charge in [-0.1, -0.05) is 31.5 Å². The standard InChI is InChI=1S/C23H27N3O3/c1-3-4-13-26-15-18(14-21(26)27)23(29)24-19-11-9-17(10-12-19)22(28)25-20-8-6-5-7-16(20)2/h5-12,18H,3-4,13-15H2,1-2H3,(H,24,29)(H,25,28). The monoisotopic (exact) mass is 393 g/mol. The Morgan fingerprint density at radius 1 is 1.07 bits per heavy atom. The second kappa shape index (κ2) is 9.37. The van der Waals surface area contributed by atoms with E-state index < -0.39 is 0 Å². The number of carbonyl (C=O) groups excluding carboxylic acids is 3. The number of likely N-dealkylation sites (tertiary alicyclic amines) is 1. The Bertz CT molecular complexity index is 892. The molecule has 1 heterocycles. The fourth-order valence-electron chi connectivity index (χ4n) is 3.37. The molecule has 0 spiro atoms. The lowest BCUT2D eigenvalue weighted by atomic mass is 10.1. The Morgan fingerprint density at radius 2 is 1.79 bits per heavy atom. The first-order chi connectivity index (χ1) is 14.0. The molecule has 0 saturated carbocycles. The molecule has 0 aliphatic carbocycles. The number of nitrogens with zero attached hydrogens (tertiary/aromatic N) is 1. The van der Waals surface area contributed by atoms with E-state index >= 15 is 0 Å². The van der Waals surface area contributed by atoms with Gasteiger partial charge in [0.1, 0.15) is 0 Å². The molecule has 6 nitrogen and oxygen atoms in total. The maximum Gasteiger partial charge on any atom is 0.255 e. The molecule has 6 heteroatoms. The van der Waals surface area contributed by atoms with Crippen molar-refractivity contribution in [2.24, 2.45) is 5.92 Å². The Hall–Kier alpha value is -3.15. The number of amides is 3. The first kappa shape index (κ1) is 20.6. The molecule has 0 radical (unpaired) electrons. The number of unbranched alkanes of at least 4 members (excludes halogenated alkanes) is 1. The van der Waals surface area contributed by atoms with Crippen LogP contribution in [-0.4, -0.2) is 35.7 Å². The van der Waals surface area contributed by atoms with Crippen molar-refractivity contribution in [1.82, 2.24) is 4.90 Å². The van der Waals surface area contributed by atoms with Crippen molar-refractivity contribution in [3.63, 3.8) is 0 Å². The molecule has 1 saturated heterocycles. The average molecular weight is 393 g/mol. The number of para-hydroxylation sites is 1. The van der Waals surface area contributed by atoms with Crippen molar-refractivity contribution in [2.75, 3.05) is 23.7 Å². The largest absolute Gasteiger partial charge is 0.342 e. The summed E-state index contributed by atoms with van der Waals surface area (Å²) in [6.07, 6.45) is 2.23. The summed E-state index contributed by atoms with van der Waals surface area (Å²) in [6.45, 7) is 5.20. The van der Waals surface area contributed by atoms with Crippen molar-refractivity contribution in [3.8, 4) is 0 Å². The maximum absolute atomic E-state index is 12.5. The van der Waals surface area contributed by atoms with Crippen molar-refractivity contribution in [1.29, 1.82) is 0 Å². The van der Waals surface area contributed by atoms with E-state index in [0.29, 0.717) is 24.3 Å². The summed E-state index contributed by atoms with van der Waals surface area (Å²) in [5, 5.41) is 5.75. The summed E-state index contributed by atoms with van der Waals surface area (Å²) in [5.41, 5.74) is 2.88. The van der Waals surface area contributed by atoms with E-state index in [1.807, 2.05) is 31.2 Å². The van der Waals surface area contributed by atoms with Crippen molar-refractivity contribution in [3.05, 3.63) is 59.7 Å². The molecule has 1 fully saturated rings. The predicted molar refractivity (Wildman–Crippen MR) is 114 cm³/mol. The van der Waals surface area contributed by atoms with Gasteiger partial charge in [0.15, 0.2) is 0 Å². The van der Waals surface area contributed by atoms with Crippen molar-refractivity contribution >= 4 is 29.1 Å². The molecule has 0 aromatic heterocycles. The minimum Gasteiger partial charge on any atom is -0.342 e. The van der Waals surface area contributed by atoms with Gasteiger partial charge in [-0.3, -0.25) is 14.4 Å². The molecule has 1 aliphatic heterocycles. The van der Waals surface area contributed by atoms with E-state index in [1.165, 1.54) is 0 Å². The Balaban J connectivity index is 1.56.